The lowest BCUT2D eigenvalue weighted by Gasteiger charge is -2.09. The number of carbonyl (C=O) groups is 1. The van der Waals surface area contributed by atoms with Crippen LogP contribution in [0.2, 0.25) is 5.02 Å². The number of rotatable bonds is 4. The Balaban J connectivity index is 1.70. The zero-order valence-electron chi connectivity index (χ0n) is 12.7. The van der Waals surface area contributed by atoms with Crippen LogP contribution in [0.3, 0.4) is 0 Å². The highest BCUT2D eigenvalue weighted by atomic mass is 35.5. The van der Waals surface area contributed by atoms with Gasteiger partial charge in [-0.25, -0.2) is 0 Å². The second-order valence-corrected chi connectivity index (χ2v) is 6.73. The van der Waals surface area contributed by atoms with Gasteiger partial charge in [-0.1, -0.05) is 54.1 Å². The van der Waals surface area contributed by atoms with E-state index in [-0.39, 0.29) is 5.91 Å². The van der Waals surface area contributed by atoms with Crippen LogP contribution >= 0.6 is 23.4 Å². The van der Waals surface area contributed by atoms with Crippen LogP contribution in [0.1, 0.15) is 5.56 Å². The summed E-state index contributed by atoms with van der Waals surface area (Å²) in [5.41, 5.74) is 1.76. The third kappa shape index (κ3) is 3.87. The van der Waals surface area contributed by atoms with Gasteiger partial charge in [0.2, 0.25) is 5.91 Å². The van der Waals surface area contributed by atoms with Crippen LogP contribution in [0.5, 0.6) is 0 Å². The molecule has 23 heavy (non-hydrogen) atoms. The third-order valence-electron chi connectivity index (χ3n) is 3.58. The smallest absolute Gasteiger partial charge is 0.234 e. The average Bonchev–Trinajstić information content (AvgIpc) is 2.56. The molecule has 3 rings (SSSR count). The first-order valence-electron chi connectivity index (χ1n) is 7.30. The predicted molar refractivity (Wildman–Crippen MR) is 99.5 cm³/mol. The molecule has 4 heteroatoms. The van der Waals surface area contributed by atoms with Crippen molar-refractivity contribution in [2.45, 2.75) is 11.8 Å². The van der Waals surface area contributed by atoms with Gasteiger partial charge in [0, 0.05) is 15.6 Å². The van der Waals surface area contributed by atoms with E-state index in [1.807, 2.05) is 43.3 Å². The number of hydrogen-bond acceptors (Lipinski definition) is 2. The van der Waals surface area contributed by atoms with Crippen LogP contribution < -0.4 is 5.32 Å². The summed E-state index contributed by atoms with van der Waals surface area (Å²) in [5.74, 6) is 0.327. The molecule has 0 saturated carbocycles. The molecule has 0 saturated heterocycles. The molecule has 0 spiro atoms. The van der Waals surface area contributed by atoms with Crippen LogP contribution in [0.25, 0.3) is 10.8 Å². The van der Waals surface area contributed by atoms with Crippen molar-refractivity contribution in [1.29, 1.82) is 0 Å². The van der Waals surface area contributed by atoms with Gasteiger partial charge in [-0.3, -0.25) is 4.79 Å². The summed E-state index contributed by atoms with van der Waals surface area (Å²) in [6.45, 7) is 1.95. The Kier molecular flexibility index (Phi) is 4.89. The average molecular weight is 342 g/mol. The number of nitrogens with one attached hydrogen (secondary N) is 1. The first-order chi connectivity index (χ1) is 11.1. The van der Waals surface area contributed by atoms with Crippen LogP contribution in [0.15, 0.2) is 65.6 Å². The normalized spacial score (nSPS) is 10.7. The fraction of sp³-hybridized carbons (Fsp3) is 0.105. The zero-order chi connectivity index (χ0) is 16.2. The molecule has 0 aliphatic carbocycles. The van der Waals surface area contributed by atoms with E-state index >= 15 is 0 Å². The minimum atomic E-state index is -0.0340. The summed E-state index contributed by atoms with van der Waals surface area (Å²) in [6.07, 6.45) is 0. The van der Waals surface area contributed by atoms with Crippen molar-refractivity contribution in [2.75, 3.05) is 11.1 Å². The molecule has 3 aromatic rings. The summed E-state index contributed by atoms with van der Waals surface area (Å²) >= 11 is 7.52. The maximum Gasteiger partial charge on any atom is 0.234 e. The van der Waals surface area contributed by atoms with Crippen molar-refractivity contribution in [3.8, 4) is 0 Å². The largest absolute Gasteiger partial charge is 0.325 e. The van der Waals surface area contributed by atoms with Crippen LogP contribution in [0, 0.1) is 6.92 Å². The molecule has 0 aromatic heterocycles. The van der Waals surface area contributed by atoms with Crippen LogP contribution in [-0.4, -0.2) is 11.7 Å². The molecule has 0 bridgehead atoms. The minimum Gasteiger partial charge on any atom is -0.325 e. The van der Waals surface area contributed by atoms with Crippen molar-refractivity contribution in [2.24, 2.45) is 0 Å². The Bertz CT molecular complexity index is 858. The number of carbonyl (C=O) groups excluding carboxylic acids is 1. The van der Waals surface area contributed by atoms with Gasteiger partial charge in [0.1, 0.15) is 0 Å². The monoisotopic (exact) mass is 341 g/mol. The molecular weight excluding hydrogens is 326 g/mol. The van der Waals surface area contributed by atoms with E-state index in [0.717, 1.165) is 16.1 Å². The third-order valence-corrected chi connectivity index (χ3v) is 4.89. The van der Waals surface area contributed by atoms with Gasteiger partial charge in [0.15, 0.2) is 0 Å². The first kappa shape index (κ1) is 15.9. The summed E-state index contributed by atoms with van der Waals surface area (Å²) in [5, 5.41) is 5.90. The van der Waals surface area contributed by atoms with E-state index < -0.39 is 0 Å². The SMILES string of the molecule is Cc1ccc(Cl)cc1NC(=O)CSc1cccc2ccccc12. The number of amides is 1. The fourth-order valence-electron chi connectivity index (χ4n) is 2.38. The molecule has 116 valence electrons. The van der Waals surface area contributed by atoms with E-state index in [1.54, 1.807) is 17.8 Å². The van der Waals surface area contributed by atoms with E-state index in [0.29, 0.717) is 10.8 Å². The van der Waals surface area contributed by atoms with Gasteiger partial charge in [-0.2, -0.15) is 0 Å². The minimum absolute atomic E-state index is 0.0340. The number of fused-ring (bicyclic) bond motifs is 1. The van der Waals surface area contributed by atoms with Crippen LogP contribution in [-0.2, 0) is 4.79 Å². The summed E-state index contributed by atoms with van der Waals surface area (Å²) < 4.78 is 0. The molecule has 2 nitrogen and oxygen atoms in total. The van der Waals surface area contributed by atoms with Gasteiger partial charge < -0.3 is 5.32 Å². The molecule has 0 radical (unpaired) electrons. The van der Waals surface area contributed by atoms with Gasteiger partial charge >= 0.3 is 0 Å². The lowest BCUT2D eigenvalue weighted by atomic mass is 10.1. The first-order valence-corrected chi connectivity index (χ1v) is 8.66. The molecule has 0 unspecified atom stereocenters. The van der Waals surface area contributed by atoms with Crippen molar-refractivity contribution >= 4 is 45.7 Å². The Morgan fingerprint density at radius 2 is 1.87 bits per heavy atom. The fourth-order valence-corrected chi connectivity index (χ4v) is 3.43. The Morgan fingerprint density at radius 1 is 1.09 bits per heavy atom. The topological polar surface area (TPSA) is 29.1 Å². The summed E-state index contributed by atoms with van der Waals surface area (Å²) in [4.78, 5) is 13.3. The molecule has 0 aliphatic heterocycles. The number of hydrogen-bond donors (Lipinski definition) is 1. The molecule has 0 atom stereocenters. The van der Waals surface area contributed by atoms with Gasteiger partial charge in [0.05, 0.1) is 5.75 Å². The van der Waals surface area contributed by atoms with Gasteiger partial charge in [-0.15, -0.1) is 11.8 Å². The van der Waals surface area contributed by atoms with Gasteiger partial charge in [-0.05, 0) is 41.5 Å². The number of aryl methyl sites for hydroxylation is 1. The van der Waals surface area contributed by atoms with Crippen molar-refractivity contribution in [3.05, 3.63) is 71.2 Å². The van der Waals surface area contributed by atoms with Crippen molar-refractivity contribution in [3.63, 3.8) is 0 Å². The maximum absolute atomic E-state index is 12.2. The highest BCUT2D eigenvalue weighted by Gasteiger charge is 2.08. The molecule has 1 amide bonds. The van der Waals surface area contributed by atoms with E-state index in [2.05, 4.69) is 23.5 Å². The Morgan fingerprint density at radius 3 is 2.74 bits per heavy atom. The number of thioether (sulfide) groups is 1. The van der Waals surface area contributed by atoms with Crippen molar-refractivity contribution in [1.82, 2.24) is 0 Å². The molecule has 1 N–H and O–H groups in total. The lowest BCUT2D eigenvalue weighted by Crippen LogP contribution is -2.14. The highest BCUT2D eigenvalue weighted by Crippen LogP contribution is 2.28. The number of benzene rings is 3. The maximum atomic E-state index is 12.2. The quantitative estimate of drug-likeness (QED) is 0.632. The molecule has 0 fully saturated rings. The standard InChI is InChI=1S/C19H16ClNOS/c1-13-9-10-15(20)11-17(13)21-19(22)12-23-18-8-4-6-14-5-2-3-7-16(14)18/h2-11H,12H2,1H3,(H,21,22). The second-order valence-electron chi connectivity index (χ2n) is 5.27. The molecule has 0 aliphatic rings. The van der Waals surface area contributed by atoms with E-state index in [9.17, 15) is 4.79 Å². The van der Waals surface area contributed by atoms with E-state index in [4.69, 9.17) is 11.6 Å². The number of halogens is 1. The molecular formula is C19H16ClNOS. The Hall–Kier alpha value is -1.97. The number of anilines is 1. The van der Waals surface area contributed by atoms with Gasteiger partial charge in [0.25, 0.3) is 0 Å². The molecule has 3 aromatic carbocycles. The highest BCUT2D eigenvalue weighted by molar-refractivity contribution is 8.00. The zero-order valence-corrected chi connectivity index (χ0v) is 14.2. The summed E-state index contributed by atoms with van der Waals surface area (Å²) in [6, 6.07) is 19.8. The van der Waals surface area contributed by atoms with E-state index in [1.165, 1.54) is 10.8 Å². The lowest BCUT2D eigenvalue weighted by molar-refractivity contribution is -0.113. The molecule has 0 heterocycles. The summed E-state index contributed by atoms with van der Waals surface area (Å²) in [7, 11) is 0. The van der Waals surface area contributed by atoms with Crippen molar-refractivity contribution < 1.29 is 4.79 Å². The predicted octanol–water partition coefficient (Wildman–Crippen LogP) is 5.53. The second kappa shape index (κ2) is 7.07. The van der Waals surface area contributed by atoms with Crippen LogP contribution in [0.4, 0.5) is 5.69 Å². The Labute approximate surface area is 144 Å².